The summed E-state index contributed by atoms with van der Waals surface area (Å²) in [5.74, 6) is 0.771. The van der Waals surface area contributed by atoms with Gasteiger partial charge in [-0.15, -0.1) is 11.8 Å². The molecule has 15 heavy (non-hydrogen) atoms. The van der Waals surface area contributed by atoms with Crippen molar-refractivity contribution in [2.45, 2.75) is 25.3 Å². The highest BCUT2D eigenvalue weighted by molar-refractivity contribution is 7.99. The van der Waals surface area contributed by atoms with Crippen LogP contribution in [0.25, 0.3) is 0 Å². The molecule has 0 saturated carbocycles. The van der Waals surface area contributed by atoms with Gasteiger partial charge >= 0.3 is 0 Å². The van der Waals surface area contributed by atoms with Gasteiger partial charge in [0.25, 0.3) is 0 Å². The summed E-state index contributed by atoms with van der Waals surface area (Å²) < 4.78 is 0. The quantitative estimate of drug-likeness (QED) is 0.728. The molecule has 84 valence electrons. The number of hydrogen-bond donors (Lipinski definition) is 2. The largest absolute Gasteiger partial charge is 0.396 e. The van der Waals surface area contributed by atoms with Crippen LogP contribution in [0.5, 0.6) is 0 Å². The lowest BCUT2D eigenvalue weighted by Gasteiger charge is -2.08. The zero-order valence-electron chi connectivity index (χ0n) is 9.42. The maximum Gasteiger partial charge on any atom is 0.0525 e. The van der Waals surface area contributed by atoms with Crippen molar-refractivity contribution < 1.29 is 5.11 Å². The molecule has 0 spiro atoms. The maximum absolute atomic E-state index is 8.76. The first-order valence-corrected chi connectivity index (χ1v) is 6.30. The topological polar surface area (TPSA) is 32.3 Å². The summed E-state index contributed by atoms with van der Waals surface area (Å²) in [7, 11) is 0. The number of hydrogen-bond acceptors (Lipinski definition) is 3. The van der Waals surface area contributed by atoms with Gasteiger partial charge in [0.2, 0.25) is 0 Å². The van der Waals surface area contributed by atoms with E-state index in [1.165, 1.54) is 16.0 Å². The van der Waals surface area contributed by atoms with Crippen LogP contribution in [0, 0.1) is 6.92 Å². The van der Waals surface area contributed by atoms with Crippen LogP contribution >= 0.6 is 11.8 Å². The minimum absolute atomic E-state index is 0.239. The summed E-state index contributed by atoms with van der Waals surface area (Å²) in [5, 5.41) is 12.1. The van der Waals surface area contributed by atoms with Crippen LogP contribution < -0.4 is 5.32 Å². The highest BCUT2D eigenvalue weighted by Gasteiger charge is 2.00. The molecule has 1 aromatic rings. The van der Waals surface area contributed by atoms with E-state index in [9.17, 15) is 0 Å². The zero-order valence-corrected chi connectivity index (χ0v) is 10.2. The molecule has 0 radical (unpaired) electrons. The molecule has 2 nitrogen and oxygen atoms in total. The third-order valence-electron chi connectivity index (χ3n) is 2.17. The van der Waals surface area contributed by atoms with Crippen molar-refractivity contribution in [3.63, 3.8) is 0 Å². The smallest absolute Gasteiger partial charge is 0.0525 e. The fraction of sp³-hybridized carbons (Fsp3) is 0.500. The van der Waals surface area contributed by atoms with Crippen molar-refractivity contribution in [3.8, 4) is 0 Å². The highest BCUT2D eigenvalue weighted by atomic mass is 32.2. The van der Waals surface area contributed by atoms with Gasteiger partial charge in [-0.05, 0) is 30.7 Å². The van der Waals surface area contributed by atoms with Gasteiger partial charge in [-0.25, -0.2) is 0 Å². The molecular formula is C12H19NOS. The third-order valence-corrected chi connectivity index (χ3v) is 3.32. The van der Waals surface area contributed by atoms with Crippen LogP contribution in [0.3, 0.4) is 0 Å². The molecule has 1 aromatic carbocycles. The molecule has 0 heterocycles. The molecule has 0 aromatic heterocycles. The predicted molar refractivity (Wildman–Crippen MR) is 66.4 cm³/mol. The first-order chi connectivity index (χ1) is 7.27. The first-order valence-electron chi connectivity index (χ1n) is 5.31. The Hall–Kier alpha value is -0.510. The van der Waals surface area contributed by atoms with E-state index in [0.29, 0.717) is 0 Å². The standard InChI is InChI=1S/C12H19NOS/c1-3-13-9-11-4-5-12(10(2)8-11)15-7-6-14/h4-5,8,13-14H,3,6-7,9H2,1-2H3. The number of benzene rings is 1. The summed E-state index contributed by atoms with van der Waals surface area (Å²) in [5.41, 5.74) is 2.62. The Labute approximate surface area is 96.1 Å². The van der Waals surface area contributed by atoms with Crippen molar-refractivity contribution >= 4 is 11.8 Å². The number of aliphatic hydroxyl groups is 1. The average molecular weight is 225 g/mol. The maximum atomic E-state index is 8.76. The minimum atomic E-state index is 0.239. The second-order valence-corrected chi connectivity index (χ2v) is 4.59. The SMILES string of the molecule is CCNCc1ccc(SCCO)c(C)c1. The van der Waals surface area contributed by atoms with Crippen LogP contribution in [0.15, 0.2) is 23.1 Å². The van der Waals surface area contributed by atoms with Crippen LogP contribution in [-0.2, 0) is 6.54 Å². The van der Waals surface area contributed by atoms with Crippen molar-refractivity contribution in [1.29, 1.82) is 0 Å². The Morgan fingerprint density at radius 1 is 1.40 bits per heavy atom. The van der Waals surface area contributed by atoms with E-state index >= 15 is 0 Å². The van der Waals surface area contributed by atoms with Crippen LogP contribution in [-0.4, -0.2) is 24.0 Å². The van der Waals surface area contributed by atoms with E-state index in [-0.39, 0.29) is 6.61 Å². The minimum Gasteiger partial charge on any atom is -0.396 e. The van der Waals surface area contributed by atoms with Crippen molar-refractivity contribution in [1.82, 2.24) is 5.32 Å². The molecule has 1 rings (SSSR count). The molecule has 3 heteroatoms. The van der Waals surface area contributed by atoms with E-state index in [1.54, 1.807) is 11.8 Å². The molecular weight excluding hydrogens is 206 g/mol. The molecule has 0 amide bonds. The van der Waals surface area contributed by atoms with E-state index in [4.69, 9.17) is 5.11 Å². The van der Waals surface area contributed by atoms with Crippen molar-refractivity contribution in [2.75, 3.05) is 18.9 Å². The number of rotatable bonds is 6. The van der Waals surface area contributed by atoms with Crippen molar-refractivity contribution in [3.05, 3.63) is 29.3 Å². The molecule has 0 bridgehead atoms. The molecule has 0 saturated heterocycles. The molecule has 2 N–H and O–H groups in total. The first kappa shape index (κ1) is 12.6. The summed E-state index contributed by atoms with van der Waals surface area (Å²) >= 11 is 1.71. The Balaban J connectivity index is 2.61. The van der Waals surface area contributed by atoms with Gasteiger partial charge in [-0.3, -0.25) is 0 Å². The molecule has 0 aliphatic carbocycles. The Bertz CT molecular complexity index is 302. The van der Waals surface area contributed by atoms with Crippen LogP contribution in [0.1, 0.15) is 18.1 Å². The van der Waals surface area contributed by atoms with Gasteiger partial charge in [-0.2, -0.15) is 0 Å². The normalized spacial score (nSPS) is 10.6. The second kappa shape index (κ2) is 6.88. The Morgan fingerprint density at radius 3 is 2.80 bits per heavy atom. The number of nitrogens with one attached hydrogen (secondary N) is 1. The lowest BCUT2D eigenvalue weighted by atomic mass is 10.1. The molecule has 0 aliphatic heterocycles. The summed E-state index contributed by atoms with van der Waals surface area (Å²) in [6.07, 6.45) is 0. The summed E-state index contributed by atoms with van der Waals surface area (Å²) in [4.78, 5) is 1.27. The second-order valence-electron chi connectivity index (χ2n) is 3.45. The number of aryl methyl sites for hydroxylation is 1. The van der Waals surface area contributed by atoms with E-state index in [0.717, 1.165) is 18.8 Å². The van der Waals surface area contributed by atoms with E-state index in [1.807, 2.05) is 0 Å². The lowest BCUT2D eigenvalue weighted by molar-refractivity contribution is 0.322. The van der Waals surface area contributed by atoms with Gasteiger partial charge in [0.05, 0.1) is 6.61 Å². The average Bonchev–Trinajstić information content (AvgIpc) is 2.25. The number of aliphatic hydroxyl groups excluding tert-OH is 1. The molecule has 0 aliphatic rings. The monoisotopic (exact) mass is 225 g/mol. The summed E-state index contributed by atoms with van der Waals surface area (Å²) in [6.45, 7) is 6.40. The van der Waals surface area contributed by atoms with Gasteiger partial charge in [0.1, 0.15) is 0 Å². The van der Waals surface area contributed by atoms with E-state index in [2.05, 4.69) is 37.4 Å². The Morgan fingerprint density at radius 2 is 2.20 bits per heavy atom. The molecule has 0 atom stereocenters. The van der Waals surface area contributed by atoms with Crippen LogP contribution in [0.2, 0.25) is 0 Å². The van der Waals surface area contributed by atoms with E-state index < -0.39 is 0 Å². The highest BCUT2D eigenvalue weighted by Crippen LogP contribution is 2.22. The van der Waals surface area contributed by atoms with Gasteiger partial charge in [0, 0.05) is 17.2 Å². The lowest BCUT2D eigenvalue weighted by Crippen LogP contribution is -2.11. The third kappa shape index (κ3) is 4.24. The Kier molecular flexibility index (Phi) is 5.76. The van der Waals surface area contributed by atoms with Gasteiger partial charge in [-0.1, -0.05) is 19.1 Å². The van der Waals surface area contributed by atoms with Crippen LogP contribution in [0.4, 0.5) is 0 Å². The van der Waals surface area contributed by atoms with Gasteiger partial charge < -0.3 is 10.4 Å². The molecule has 0 fully saturated rings. The van der Waals surface area contributed by atoms with Crippen molar-refractivity contribution in [2.24, 2.45) is 0 Å². The number of thioether (sulfide) groups is 1. The summed E-state index contributed by atoms with van der Waals surface area (Å²) in [6, 6.07) is 6.50. The van der Waals surface area contributed by atoms with Gasteiger partial charge in [0.15, 0.2) is 0 Å². The fourth-order valence-corrected chi connectivity index (χ4v) is 2.17. The zero-order chi connectivity index (χ0) is 11.1. The molecule has 0 unspecified atom stereocenters. The fourth-order valence-electron chi connectivity index (χ4n) is 1.41. The predicted octanol–water partition coefficient (Wildman–Crippen LogP) is 2.19.